The van der Waals surface area contributed by atoms with Gasteiger partial charge >= 0.3 is 0 Å². The third kappa shape index (κ3) is 6.44. The number of hydrogen-bond acceptors (Lipinski definition) is 4. The molecule has 5 nitrogen and oxygen atoms in total. The van der Waals surface area contributed by atoms with Gasteiger partial charge in [0.05, 0.1) is 0 Å². The first kappa shape index (κ1) is 20.5. The predicted octanol–water partition coefficient (Wildman–Crippen LogP) is 2.39. The van der Waals surface area contributed by atoms with Crippen LogP contribution in [0.3, 0.4) is 0 Å². The number of piperidine rings is 1. The lowest BCUT2D eigenvalue weighted by Crippen LogP contribution is -2.51. The van der Waals surface area contributed by atoms with Crippen LogP contribution < -0.4 is 10.1 Å². The number of amides is 1. The van der Waals surface area contributed by atoms with Crippen molar-refractivity contribution < 1.29 is 9.53 Å². The Morgan fingerprint density at radius 1 is 1.20 bits per heavy atom. The third-order valence-electron chi connectivity index (χ3n) is 4.82. The average Bonchev–Trinajstić information content (AvgIpc) is 2.62. The maximum absolute atomic E-state index is 12.3. The fourth-order valence-corrected chi connectivity index (χ4v) is 3.66. The third-order valence-corrected chi connectivity index (χ3v) is 5.34. The molecule has 2 aliphatic heterocycles. The zero-order valence-electron chi connectivity index (χ0n) is 14.5. The molecule has 3 rings (SSSR count). The number of nitrogens with one attached hydrogen (secondary N) is 1. The van der Waals surface area contributed by atoms with E-state index in [1.54, 1.807) is 0 Å². The first-order chi connectivity index (χ1) is 11.7. The van der Waals surface area contributed by atoms with Crippen molar-refractivity contribution in [2.24, 2.45) is 5.92 Å². The molecule has 1 aromatic carbocycles. The van der Waals surface area contributed by atoms with Gasteiger partial charge in [-0.15, -0.1) is 12.4 Å². The van der Waals surface area contributed by atoms with E-state index >= 15 is 0 Å². The molecule has 7 heteroatoms. The molecule has 1 aromatic rings. The fraction of sp³-hybridized carbons (Fsp3) is 0.611. The number of rotatable bonds is 5. The summed E-state index contributed by atoms with van der Waals surface area (Å²) in [6.07, 6.45) is 2.61. The molecule has 140 valence electrons. The molecule has 2 heterocycles. The van der Waals surface area contributed by atoms with Crippen LogP contribution in [0.15, 0.2) is 28.7 Å². The van der Waals surface area contributed by atoms with Crippen LogP contribution in [0.5, 0.6) is 5.75 Å². The van der Waals surface area contributed by atoms with E-state index in [0.717, 1.165) is 62.0 Å². The Bertz CT molecular complexity index is 530. The molecule has 0 saturated carbocycles. The zero-order valence-corrected chi connectivity index (χ0v) is 16.9. The van der Waals surface area contributed by atoms with Crippen molar-refractivity contribution in [3.63, 3.8) is 0 Å². The summed E-state index contributed by atoms with van der Waals surface area (Å²) in [5, 5.41) is 3.48. The highest BCUT2D eigenvalue weighted by Crippen LogP contribution is 2.16. The van der Waals surface area contributed by atoms with Crippen LogP contribution in [0.4, 0.5) is 0 Å². The topological polar surface area (TPSA) is 44.8 Å². The number of hydrogen-bond donors (Lipinski definition) is 1. The van der Waals surface area contributed by atoms with Gasteiger partial charge in [0.15, 0.2) is 6.61 Å². The molecule has 2 saturated heterocycles. The summed E-state index contributed by atoms with van der Waals surface area (Å²) < 4.78 is 6.60. The van der Waals surface area contributed by atoms with Crippen LogP contribution in [0.25, 0.3) is 0 Å². The highest BCUT2D eigenvalue weighted by molar-refractivity contribution is 9.10. The summed E-state index contributed by atoms with van der Waals surface area (Å²) in [6, 6.07) is 7.57. The number of nitrogens with zero attached hydrogens (tertiary/aromatic N) is 2. The van der Waals surface area contributed by atoms with Crippen molar-refractivity contribution >= 4 is 34.2 Å². The lowest BCUT2D eigenvalue weighted by Gasteiger charge is -2.37. The van der Waals surface area contributed by atoms with Gasteiger partial charge in [-0.05, 0) is 56.1 Å². The Morgan fingerprint density at radius 2 is 1.92 bits per heavy atom. The van der Waals surface area contributed by atoms with Crippen molar-refractivity contribution in [2.45, 2.75) is 12.8 Å². The second-order valence-electron chi connectivity index (χ2n) is 6.64. The van der Waals surface area contributed by atoms with Crippen LogP contribution in [0.2, 0.25) is 0 Å². The normalized spacial score (nSPS) is 21.5. The zero-order chi connectivity index (χ0) is 16.8. The van der Waals surface area contributed by atoms with Gasteiger partial charge in [-0.3, -0.25) is 9.69 Å². The number of carbonyl (C=O) groups is 1. The van der Waals surface area contributed by atoms with Crippen molar-refractivity contribution in [3.05, 3.63) is 28.7 Å². The monoisotopic (exact) mass is 431 g/mol. The number of carbonyl (C=O) groups excluding carboxylic acids is 1. The van der Waals surface area contributed by atoms with Crippen molar-refractivity contribution in [1.29, 1.82) is 0 Å². The lowest BCUT2D eigenvalue weighted by molar-refractivity contribution is -0.135. The Labute approximate surface area is 164 Å². The minimum atomic E-state index is 0. The highest BCUT2D eigenvalue weighted by Gasteiger charge is 2.24. The summed E-state index contributed by atoms with van der Waals surface area (Å²) in [5.41, 5.74) is 0. The maximum atomic E-state index is 12.3. The molecule has 1 atom stereocenters. The molecule has 1 unspecified atom stereocenters. The van der Waals surface area contributed by atoms with Crippen LogP contribution in [0, 0.1) is 5.92 Å². The van der Waals surface area contributed by atoms with Gasteiger partial charge in [-0.1, -0.05) is 15.9 Å². The summed E-state index contributed by atoms with van der Waals surface area (Å²) in [6.45, 7) is 7.14. The van der Waals surface area contributed by atoms with E-state index < -0.39 is 0 Å². The molecule has 0 radical (unpaired) electrons. The Balaban J connectivity index is 0.00000225. The van der Waals surface area contributed by atoms with E-state index in [4.69, 9.17) is 4.74 Å². The summed E-state index contributed by atoms with van der Waals surface area (Å²) in [5.74, 6) is 1.58. The second-order valence-corrected chi connectivity index (χ2v) is 7.55. The predicted molar refractivity (Wildman–Crippen MR) is 105 cm³/mol. The molecule has 2 fully saturated rings. The SMILES string of the molecule is Cl.O=C(COc1ccc(Br)cc1)N1CCN(CC2CCCNC2)CC1. The molecule has 0 spiro atoms. The summed E-state index contributed by atoms with van der Waals surface area (Å²) in [7, 11) is 0. The molecular formula is C18H27BrClN3O2. The lowest BCUT2D eigenvalue weighted by atomic mass is 9.99. The van der Waals surface area contributed by atoms with E-state index in [1.807, 2.05) is 29.2 Å². The Kier molecular flexibility index (Phi) is 8.49. The average molecular weight is 433 g/mol. The quantitative estimate of drug-likeness (QED) is 0.776. The van der Waals surface area contributed by atoms with Crippen LogP contribution >= 0.6 is 28.3 Å². The standard InChI is InChI=1S/C18H26BrN3O2.ClH/c19-16-3-5-17(6-4-16)24-14-18(23)22-10-8-21(9-11-22)13-15-2-1-7-20-12-15;/h3-6,15,20H,1-2,7-14H2;1H. The van der Waals surface area contributed by atoms with E-state index in [1.165, 1.54) is 12.8 Å². The Hall–Kier alpha value is -0.820. The molecule has 25 heavy (non-hydrogen) atoms. The molecule has 2 aliphatic rings. The maximum Gasteiger partial charge on any atom is 0.260 e. The largest absolute Gasteiger partial charge is 0.484 e. The molecule has 0 aromatic heterocycles. The molecular weight excluding hydrogens is 406 g/mol. The van der Waals surface area contributed by atoms with Crippen LogP contribution in [-0.2, 0) is 4.79 Å². The van der Waals surface area contributed by atoms with E-state index in [9.17, 15) is 4.79 Å². The van der Waals surface area contributed by atoms with Gasteiger partial charge in [0.1, 0.15) is 5.75 Å². The van der Waals surface area contributed by atoms with Crippen molar-refractivity contribution in [1.82, 2.24) is 15.1 Å². The van der Waals surface area contributed by atoms with Crippen molar-refractivity contribution in [3.8, 4) is 5.75 Å². The number of benzene rings is 1. The second kappa shape index (κ2) is 10.4. The number of ether oxygens (including phenoxy) is 1. The smallest absolute Gasteiger partial charge is 0.260 e. The van der Waals surface area contributed by atoms with Crippen LogP contribution in [0.1, 0.15) is 12.8 Å². The first-order valence-electron chi connectivity index (χ1n) is 8.80. The van der Waals surface area contributed by atoms with Gasteiger partial charge in [0.2, 0.25) is 0 Å². The van der Waals surface area contributed by atoms with Gasteiger partial charge in [-0.2, -0.15) is 0 Å². The van der Waals surface area contributed by atoms with Crippen LogP contribution in [-0.4, -0.2) is 68.1 Å². The van der Waals surface area contributed by atoms with E-state index in [0.29, 0.717) is 0 Å². The van der Waals surface area contributed by atoms with Crippen molar-refractivity contribution in [2.75, 3.05) is 52.4 Å². The minimum Gasteiger partial charge on any atom is -0.484 e. The van der Waals surface area contributed by atoms with E-state index in [2.05, 4.69) is 26.1 Å². The molecule has 1 N–H and O–H groups in total. The van der Waals surface area contributed by atoms with Gasteiger partial charge in [0.25, 0.3) is 5.91 Å². The highest BCUT2D eigenvalue weighted by atomic mass is 79.9. The number of piperazine rings is 1. The molecule has 0 aliphatic carbocycles. The van der Waals surface area contributed by atoms with Gasteiger partial charge in [-0.25, -0.2) is 0 Å². The summed E-state index contributed by atoms with van der Waals surface area (Å²) >= 11 is 3.39. The Morgan fingerprint density at radius 3 is 2.56 bits per heavy atom. The molecule has 0 bridgehead atoms. The minimum absolute atomic E-state index is 0. The first-order valence-corrected chi connectivity index (χ1v) is 9.59. The van der Waals surface area contributed by atoms with E-state index in [-0.39, 0.29) is 24.9 Å². The fourth-order valence-electron chi connectivity index (χ4n) is 3.39. The van der Waals surface area contributed by atoms with Gasteiger partial charge < -0.3 is 15.0 Å². The van der Waals surface area contributed by atoms with Gasteiger partial charge in [0, 0.05) is 37.2 Å². The summed E-state index contributed by atoms with van der Waals surface area (Å²) in [4.78, 5) is 16.7. The number of halogens is 2. The molecule has 1 amide bonds.